The normalized spacial score (nSPS) is 23.4. The first-order valence-corrected chi connectivity index (χ1v) is 9.58. The molecule has 2 aliphatic rings. The first-order valence-electron chi connectivity index (χ1n) is 7.69. The number of aliphatic carboxylic acids is 1. The van der Waals surface area contributed by atoms with Crippen molar-refractivity contribution < 1.29 is 14.7 Å². The molecule has 0 spiro atoms. The molecule has 26 heavy (non-hydrogen) atoms. The Kier molecular flexibility index (Phi) is 4.42. The van der Waals surface area contributed by atoms with E-state index in [0.29, 0.717) is 11.3 Å². The summed E-state index contributed by atoms with van der Waals surface area (Å²) in [5, 5.41) is 20.6. The third-order valence-electron chi connectivity index (χ3n) is 4.19. The van der Waals surface area contributed by atoms with Crippen molar-refractivity contribution in [3.05, 3.63) is 53.5 Å². The van der Waals surface area contributed by atoms with Crippen LogP contribution >= 0.6 is 23.7 Å². The molecule has 1 fully saturated rings. The molecular weight excluding hydrogens is 376 g/mol. The number of tetrazole rings is 1. The zero-order valence-corrected chi connectivity index (χ0v) is 14.9. The smallest absolute Gasteiger partial charge is 0.352 e. The first-order chi connectivity index (χ1) is 12.6. The lowest BCUT2D eigenvalue weighted by Gasteiger charge is -2.48. The summed E-state index contributed by atoms with van der Waals surface area (Å²) in [5.41, 5.74) is 7.32. The molecule has 3 atom stereocenters. The minimum atomic E-state index is -1.14. The van der Waals surface area contributed by atoms with Gasteiger partial charge in [-0.15, -0.1) is 26.2 Å². The Labute approximate surface area is 156 Å². The van der Waals surface area contributed by atoms with Crippen molar-refractivity contribution in [2.75, 3.05) is 5.75 Å². The summed E-state index contributed by atoms with van der Waals surface area (Å²) in [7, 11) is 0. The predicted octanol–water partition coefficient (Wildman–Crippen LogP) is 0.492. The van der Waals surface area contributed by atoms with Crippen molar-refractivity contribution in [3.8, 4) is 0 Å². The van der Waals surface area contributed by atoms with E-state index >= 15 is 0 Å². The number of fused-ring (bicyclic) bond motifs is 1. The number of hydrogen-bond acceptors (Lipinski definition) is 8. The van der Waals surface area contributed by atoms with Gasteiger partial charge in [-0.25, -0.2) is 4.79 Å². The number of hydrogen-bond donors (Lipinski definition) is 2. The summed E-state index contributed by atoms with van der Waals surface area (Å²) in [6.07, 6.45) is 1.31. The average molecular weight is 390 g/mol. The highest BCUT2D eigenvalue weighted by atomic mass is 32.2. The van der Waals surface area contributed by atoms with Crippen LogP contribution in [0.5, 0.6) is 0 Å². The van der Waals surface area contributed by atoms with Gasteiger partial charge in [0.25, 0.3) is 0 Å². The topological polar surface area (TPSA) is 127 Å². The van der Waals surface area contributed by atoms with Crippen LogP contribution in [0.4, 0.5) is 0 Å². The second-order valence-corrected chi connectivity index (χ2v) is 7.81. The van der Waals surface area contributed by atoms with Crippen LogP contribution in [0.1, 0.15) is 10.8 Å². The van der Waals surface area contributed by atoms with E-state index in [1.54, 1.807) is 0 Å². The fourth-order valence-electron chi connectivity index (χ4n) is 2.99. The van der Waals surface area contributed by atoms with Crippen molar-refractivity contribution in [2.45, 2.75) is 16.7 Å². The number of benzene rings is 1. The molecule has 1 aromatic heterocycles. The van der Waals surface area contributed by atoms with Gasteiger partial charge in [0, 0.05) is 17.7 Å². The maximum absolute atomic E-state index is 12.2. The fraction of sp³-hybridized carbons (Fsp3) is 0.267. The molecule has 0 aliphatic carbocycles. The van der Waals surface area contributed by atoms with E-state index < -0.39 is 12.0 Å². The minimum absolute atomic E-state index is 0.00178. The van der Waals surface area contributed by atoms with Crippen LogP contribution in [-0.2, 0) is 9.59 Å². The number of carbonyl (C=O) groups excluding carboxylic acids is 1. The lowest BCUT2D eigenvalue weighted by atomic mass is 9.99. The van der Waals surface area contributed by atoms with Crippen molar-refractivity contribution >= 4 is 35.6 Å². The second-order valence-electron chi connectivity index (χ2n) is 5.70. The molecule has 0 bridgehead atoms. The third kappa shape index (κ3) is 2.77. The number of aromatic nitrogens is 4. The second kappa shape index (κ2) is 6.74. The summed E-state index contributed by atoms with van der Waals surface area (Å²) >= 11 is 2.70. The Morgan fingerprint density at radius 1 is 1.38 bits per heavy atom. The maximum Gasteiger partial charge on any atom is 0.352 e. The Hall–Kier alpha value is -2.37. The van der Waals surface area contributed by atoms with E-state index in [2.05, 4.69) is 15.4 Å². The molecule has 9 nitrogen and oxygen atoms in total. The molecule has 0 saturated carbocycles. The molecule has 2 aliphatic heterocycles. The molecule has 1 saturated heterocycles. The molecule has 1 amide bonds. The SMILES string of the molecule is NC1C(=O)N2C(C(=O)O)=C(C(Sn3ncnn3)c3ccccc3)CS[C@@H]12. The van der Waals surface area contributed by atoms with Gasteiger partial charge >= 0.3 is 5.97 Å². The summed E-state index contributed by atoms with van der Waals surface area (Å²) in [4.78, 5) is 25.5. The molecule has 3 heterocycles. The fourth-order valence-corrected chi connectivity index (χ4v) is 5.41. The number of rotatable bonds is 5. The lowest BCUT2D eigenvalue weighted by Crippen LogP contribution is -2.68. The Morgan fingerprint density at radius 2 is 2.15 bits per heavy atom. The average Bonchev–Trinajstić information content (AvgIpc) is 3.18. The van der Waals surface area contributed by atoms with Gasteiger partial charge in [-0.3, -0.25) is 9.69 Å². The van der Waals surface area contributed by atoms with Crippen LogP contribution in [0.15, 0.2) is 47.9 Å². The molecular formula is C15H14N6O3S2. The quantitative estimate of drug-likeness (QED) is 0.701. The molecule has 3 N–H and O–H groups in total. The van der Waals surface area contributed by atoms with Crippen molar-refractivity contribution in [3.63, 3.8) is 0 Å². The number of thioether (sulfide) groups is 1. The molecule has 134 valence electrons. The summed E-state index contributed by atoms with van der Waals surface area (Å²) in [5.74, 6) is -1.06. The van der Waals surface area contributed by atoms with Gasteiger partial charge in [0.1, 0.15) is 17.1 Å². The highest BCUT2D eigenvalue weighted by Crippen LogP contribution is 2.47. The zero-order valence-electron chi connectivity index (χ0n) is 13.3. The molecule has 11 heteroatoms. The number of nitrogens with two attached hydrogens (primary N) is 1. The number of nitrogens with zero attached hydrogens (tertiary/aromatic N) is 5. The predicted molar refractivity (Wildman–Crippen MR) is 95.7 cm³/mol. The van der Waals surface area contributed by atoms with Crippen LogP contribution in [0.3, 0.4) is 0 Å². The summed E-state index contributed by atoms with van der Waals surface area (Å²) in [6.45, 7) is 0. The largest absolute Gasteiger partial charge is 0.477 e. The van der Waals surface area contributed by atoms with E-state index in [0.717, 1.165) is 5.56 Å². The van der Waals surface area contributed by atoms with Gasteiger partial charge in [0.2, 0.25) is 5.91 Å². The highest BCUT2D eigenvalue weighted by Gasteiger charge is 2.52. The van der Waals surface area contributed by atoms with E-state index in [4.69, 9.17) is 5.73 Å². The molecule has 1 aromatic carbocycles. The van der Waals surface area contributed by atoms with E-state index in [9.17, 15) is 14.7 Å². The number of carbonyl (C=O) groups is 2. The lowest BCUT2D eigenvalue weighted by molar-refractivity contribution is -0.148. The minimum Gasteiger partial charge on any atom is -0.477 e. The van der Waals surface area contributed by atoms with Crippen LogP contribution in [0, 0.1) is 0 Å². The molecule has 2 unspecified atom stereocenters. The van der Waals surface area contributed by atoms with Gasteiger partial charge in [-0.05, 0) is 16.3 Å². The van der Waals surface area contributed by atoms with Gasteiger partial charge in [0.05, 0.1) is 5.25 Å². The molecule has 2 aromatic rings. The van der Waals surface area contributed by atoms with Gasteiger partial charge in [-0.2, -0.15) is 0 Å². The summed E-state index contributed by atoms with van der Waals surface area (Å²) in [6, 6.07) is 8.79. The van der Waals surface area contributed by atoms with Crippen molar-refractivity contribution in [1.82, 2.24) is 24.5 Å². The van der Waals surface area contributed by atoms with E-state index in [1.807, 2.05) is 30.3 Å². The third-order valence-corrected chi connectivity index (χ3v) is 6.64. The van der Waals surface area contributed by atoms with E-state index in [1.165, 1.54) is 39.1 Å². The van der Waals surface area contributed by atoms with Gasteiger partial charge in [-0.1, -0.05) is 30.3 Å². The Bertz CT molecular complexity index is 873. The van der Waals surface area contributed by atoms with E-state index in [-0.39, 0.29) is 22.2 Å². The summed E-state index contributed by atoms with van der Waals surface area (Å²) < 4.78 is 1.34. The first kappa shape index (κ1) is 17.1. The Balaban J connectivity index is 1.80. The van der Waals surface area contributed by atoms with Crippen molar-refractivity contribution in [1.29, 1.82) is 0 Å². The van der Waals surface area contributed by atoms with Crippen molar-refractivity contribution in [2.24, 2.45) is 5.73 Å². The van der Waals surface area contributed by atoms with Crippen LogP contribution in [-0.4, -0.2) is 58.7 Å². The number of β-lactam (4-membered cyclic amide) rings is 1. The van der Waals surface area contributed by atoms with Crippen LogP contribution in [0.25, 0.3) is 0 Å². The molecule has 4 rings (SSSR count). The van der Waals surface area contributed by atoms with Gasteiger partial charge in [0.15, 0.2) is 6.33 Å². The Morgan fingerprint density at radius 3 is 2.81 bits per heavy atom. The molecule has 0 radical (unpaired) electrons. The number of amides is 1. The number of carboxylic acid groups (broad SMARTS) is 1. The van der Waals surface area contributed by atoms with Crippen LogP contribution in [0.2, 0.25) is 0 Å². The maximum atomic E-state index is 12.2. The highest BCUT2D eigenvalue weighted by molar-refractivity contribution is 8.00. The van der Waals surface area contributed by atoms with Crippen LogP contribution < -0.4 is 5.73 Å². The monoisotopic (exact) mass is 390 g/mol. The standard InChI is InChI=1S/C15H14N6O3S2/c16-10-13(22)20-11(15(23)24)9(6-25-14(10)20)12(8-4-2-1-3-5-8)26-21-18-7-17-19-21/h1-5,7,10,12,14H,6,16H2,(H,23,24)/t10?,12?,14-/m0/s1. The number of carboxylic acids is 1. The van der Waals surface area contributed by atoms with Gasteiger partial charge < -0.3 is 10.8 Å². The zero-order chi connectivity index (χ0) is 18.3.